The van der Waals surface area contributed by atoms with Crippen LogP contribution < -0.4 is 19.5 Å². The van der Waals surface area contributed by atoms with Crippen LogP contribution in [0.25, 0.3) is 0 Å². The minimum atomic E-state index is -0.168. The number of rotatable bonds is 5. The molecule has 0 spiro atoms. The summed E-state index contributed by atoms with van der Waals surface area (Å²) in [6, 6.07) is 13.2. The quantitative estimate of drug-likeness (QED) is 0.917. The van der Waals surface area contributed by atoms with E-state index < -0.39 is 0 Å². The van der Waals surface area contributed by atoms with E-state index in [-0.39, 0.29) is 18.6 Å². The lowest BCUT2D eigenvalue weighted by atomic mass is 10.1. The fourth-order valence-electron chi connectivity index (χ4n) is 2.55. The van der Waals surface area contributed by atoms with Crippen LogP contribution in [0.15, 0.2) is 42.5 Å². The average molecular weight is 327 g/mol. The van der Waals surface area contributed by atoms with Crippen LogP contribution in [0.5, 0.6) is 17.2 Å². The number of amides is 1. The lowest BCUT2D eigenvalue weighted by Gasteiger charge is -2.21. The van der Waals surface area contributed by atoms with Crippen molar-refractivity contribution in [1.82, 2.24) is 5.32 Å². The average Bonchev–Trinajstić information content (AvgIpc) is 2.59. The van der Waals surface area contributed by atoms with Crippen molar-refractivity contribution in [2.24, 2.45) is 0 Å². The minimum absolute atomic E-state index is 0.0155. The highest BCUT2D eigenvalue weighted by Gasteiger charge is 2.16. The van der Waals surface area contributed by atoms with Gasteiger partial charge in [0.1, 0.15) is 19.0 Å². The van der Waals surface area contributed by atoms with Crippen molar-refractivity contribution in [3.8, 4) is 17.2 Å². The Balaban J connectivity index is 1.56. The molecule has 0 saturated heterocycles. The van der Waals surface area contributed by atoms with Crippen LogP contribution in [0, 0.1) is 6.92 Å². The molecule has 5 heteroatoms. The second-order valence-corrected chi connectivity index (χ2v) is 5.80. The Morgan fingerprint density at radius 3 is 2.75 bits per heavy atom. The summed E-state index contributed by atoms with van der Waals surface area (Å²) < 4.78 is 16.6. The van der Waals surface area contributed by atoms with Crippen LogP contribution in [0.4, 0.5) is 0 Å². The first-order valence-corrected chi connectivity index (χ1v) is 8.00. The van der Waals surface area contributed by atoms with Crippen molar-refractivity contribution in [2.45, 2.75) is 19.9 Å². The highest BCUT2D eigenvalue weighted by atomic mass is 16.6. The lowest BCUT2D eigenvalue weighted by molar-refractivity contribution is -0.123. The number of hydrogen-bond donors (Lipinski definition) is 1. The molecule has 0 fully saturated rings. The van der Waals surface area contributed by atoms with E-state index in [4.69, 9.17) is 14.2 Å². The van der Waals surface area contributed by atoms with E-state index in [2.05, 4.69) is 5.32 Å². The van der Waals surface area contributed by atoms with E-state index in [1.165, 1.54) is 0 Å². The van der Waals surface area contributed by atoms with Gasteiger partial charge in [-0.3, -0.25) is 4.79 Å². The first kappa shape index (κ1) is 16.2. The maximum Gasteiger partial charge on any atom is 0.258 e. The molecule has 1 aliphatic heterocycles. The molecule has 0 saturated carbocycles. The number of carbonyl (C=O) groups excluding carboxylic acids is 1. The van der Waals surface area contributed by atoms with Gasteiger partial charge in [0.2, 0.25) is 0 Å². The SMILES string of the molecule is Cc1cccc(OCC(=O)N[C@H](C)c2ccc3c(c2)OCCO3)c1. The molecule has 126 valence electrons. The second-order valence-electron chi connectivity index (χ2n) is 5.80. The van der Waals surface area contributed by atoms with Gasteiger partial charge in [0, 0.05) is 0 Å². The highest BCUT2D eigenvalue weighted by Crippen LogP contribution is 2.32. The van der Waals surface area contributed by atoms with Gasteiger partial charge in [0.05, 0.1) is 6.04 Å². The summed E-state index contributed by atoms with van der Waals surface area (Å²) in [6.07, 6.45) is 0. The number of fused-ring (bicyclic) bond motifs is 1. The standard InChI is InChI=1S/C19H21NO4/c1-13-4-3-5-16(10-13)24-12-19(21)20-14(2)15-6-7-17-18(11-15)23-9-8-22-17/h3-7,10-11,14H,8-9,12H2,1-2H3,(H,20,21)/t14-/m1/s1. The van der Waals surface area contributed by atoms with Crippen molar-refractivity contribution < 1.29 is 19.0 Å². The molecule has 3 rings (SSSR count). The third-order valence-electron chi connectivity index (χ3n) is 3.80. The normalized spacial score (nSPS) is 13.9. The van der Waals surface area contributed by atoms with Crippen molar-refractivity contribution in [1.29, 1.82) is 0 Å². The fraction of sp³-hybridized carbons (Fsp3) is 0.316. The molecule has 2 aromatic rings. The van der Waals surface area contributed by atoms with Gasteiger partial charge in [0.15, 0.2) is 18.1 Å². The first-order chi connectivity index (χ1) is 11.6. The Labute approximate surface area is 141 Å². The Kier molecular flexibility index (Phi) is 4.89. The Bertz CT molecular complexity index is 729. The van der Waals surface area contributed by atoms with E-state index in [9.17, 15) is 4.79 Å². The molecule has 1 aliphatic rings. The van der Waals surface area contributed by atoms with Crippen molar-refractivity contribution in [3.05, 3.63) is 53.6 Å². The zero-order valence-electron chi connectivity index (χ0n) is 13.9. The lowest BCUT2D eigenvalue weighted by Crippen LogP contribution is -2.31. The molecule has 0 unspecified atom stereocenters. The first-order valence-electron chi connectivity index (χ1n) is 8.00. The van der Waals surface area contributed by atoms with Gasteiger partial charge < -0.3 is 19.5 Å². The number of carbonyl (C=O) groups is 1. The van der Waals surface area contributed by atoms with Crippen LogP contribution in [-0.2, 0) is 4.79 Å². The summed E-state index contributed by atoms with van der Waals surface area (Å²) in [5.41, 5.74) is 2.06. The summed E-state index contributed by atoms with van der Waals surface area (Å²) >= 11 is 0. The van der Waals surface area contributed by atoms with Gasteiger partial charge in [0.25, 0.3) is 5.91 Å². The van der Waals surface area contributed by atoms with Gasteiger partial charge in [-0.2, -0.15) is 0 Å². The van der Waals surface area contributed by atoms with Crippen LogP contribution >= 0.6 is 0 Å². The smallest absolute Gasteiger partial charge is 0.258 e. The molecular formula is C19H21NO4. The molecule has 5 nitrogen and oxygen atoms in total. The fourth-order valence-corrected chi connectivity index (χ4v) is 2.55. The molecule has 0 aliphatic carbocycles. The number of nitrogens with one attached hydrogen (secondary N) is 1. The molecule has 1 N–H and O–H groups in total. The van der Waals surface area contributed by atoms with Crippen molar-refractivity contribution >= 4 is 5.91 Å². The van der Waals surface area contributed by atoms with Gasteiger partial charge in [-0.15, -0.1) is 0 Å². The van der Waals surface area contributed by atoms with Gasteiger partial charge >= 0.3 is 0 Å². The summed E-state index contributed by atoms with van der Waals surface area (Å²) in [5.74, 6) is 1.98. The summed E-state index contributed by atoms with van der Waals surface area (Å²) in [6.45, 7) is 5.00. The molecule has 1 atom stereocenters. The Morgan fingerprint density at radius 1 is 1.17 bits per heavy atom. The third kappa shape index (κ3) is 3.98. The highest BCUT2D eigenvalue weighted by molar-refractivity contribution is 5.78. The molecule has 24 heavy (non-hydrogen) atoms. The maximum atomic E-state index is 12.1. The van der Waals surface area contributed by atoms with Gasteiger partial charge in [-0.1, -0.05) is 18.2 Å². The monoisotopic (exact) mass is 327 g/mol. The van der Waals surface area contributed by atoms with Gasteiger partial charge in [-0.05, 0) is 49.2 Å². The summed E-state index contributed by atoms with van der Waals surface area (Å²) in [7, 11) is 0. The Hall–Kier alpha value is -2.69. The topological polar surface area (TPSA) is 56.8 Å². The molecule has 1 heterocycles. The summed E-state index contributed by atoms with van der Waals surface area (Å²) in [5, 5.41) is 2.93. The molecular weight excluding hydrogens is 306 g/mol. The van der Waals surface area contributed by atoms with Crippen LogP contribution in [0.2, 0.25) is 0 Å². The number of hydrogen-bond acceptors (Lipinski definition) is 4. The van der Waals surface area contributed by atoms with Crippen LogP contribution in [0.1, 0.15) is 24.1 Å². The Morgan fingerprint density at radius 2 is 1.96 bits per heavy atom. The van der Waals surface area contributed by atoms with Crippen molar-refractivity contribution in [2.75, 3.05) is 19.8 Å². The number of ether oxygens (including phenoxy) is 3. The van der Waals surface area contributed by atoms with E-state index in [0.29, 0.717) is 19.0 Å². The predicted molar refractivity (Wildman–Crippen MR) is 90.7 cm³/mol. The van der Waals surface area contributed by atoms with Gasteiger partial charge in [-0.25, -0.2) is 0 Å². The maximum absolute atomic E-state index is 12.1. The molecule has 0 aromatic heterocycles. The molecule has 0 radical (unpaired) electrons. The zero-order chi connectivity index (χ0) is 16.9. The van der Waals surface area contributed by atoms with E-state index in [1.807, 2.05) is 56.3 Å². The molecule has 2 aromatic carbocycles. The van der Waals surface area contributed by atoms with E-state index in [0.717, 1.165) is 22.6 Å². The predicted octanol–water partition coefficient (Wildman–Crippen LogP) is 3.02. The number of benzene rings is 2. The molecule has 0 bridgehead atoms. The summed E-state index contributed by atoms with van der Waals surface area (Å²) in [4.78, 5) is 12.1. The molecule has 1 amide bonds. The number of aryl methyl sites for hydroxylation is 1. The van der Waals surface area contributed by atoms with E-state index >= 15 is 0 Å². The minimum Gasteiger partial charge on any atom is -0.486 e. The van der Waals surface area contributed by atoms with E-state index in [1.54, 1.807) is 0 Å². The zero-order valence-corrected chi connectivity index (χ0v) is 13.9. The second kappa shape index (κ2) is 7.25. The van der Waals surface area contributed by atoms with Crippen molar-refractivity contribution in [3.63, 3.8) is 0 Å². The van der Waals surface area contributed by atoms with Crippen LogP contribution in [-0.4, -0.2) is 25.7 Å². The largest absolute Gasteiger partial charge is 0.486 e. The third-order valence-corrected chi connectivity index (χ3v) is 3.80. The van der Waals surface area contributed by atoms with Crippen LogP contribution in [0.3, 0.4) is 0 Å².